The van der Waals surface area contributed by atoms with Crippen LogP contribution in [0.2, 0.25) is 10.0 Å². The second kappa shape index (κ2) is 7.86. The Labute approximate surface area is 177 Å². The summed E-state index contributed by atoms with van der Waals surface area (Å²) in [6, 6.07) is 2.76. The number of halogens is 3. The smallest absolute Gasteiger partial charge is 0.205 e. The number of rotatable bonds is 4. The van der Waals surface area contributed by atoms with Crippen molar-refractivity contribution < 1.29 is 13.5 Å². The lowest BCUT2D eigenvalue weighted by Crippen LogP contribution is -2.22. The molecule has 1 aliphatic carbocycles. The molecule has 2 atom stereocenters. The van der Waals surface area contributed by atoms with Crippen LogP contribution < -0.4 is 16.2 Å². The van der Waals surface area contributed by atoms with E-state index in [0.717, 1.165) is 35.8 Å². The Morgan fingerprint density at radius 1 is 1.34 bits per heavy atom. The summed E-state index contributed by atoms with van der Waals surface area (Å²) in [4.78, 5) is 4.26. The molecule has 0 saturated heterocycles. The van der Waals surface area contributed by atoms with Crippen LogP contribution in [0.4, 0.5) is 10.2 Å². The molecular formula is C21H20Cl2FN3O2. The number of ether oxygens (including phenoxy) is 1. The second-order valence-corrected chi connectivity index (χ2v) is 7.94. The van der Waals surface area contributed by atoms with Crippen molar-refractivity contribution >= 4 is 45.6 Å². The Balaban J connectivity index is 1.74. The van der Waals surface area contributed by atoms with E-state index in [1.165, 1.54) is 12.1 Å². The standard InChI is InChI=1S/C21H20Cl2FN3O2/c1-10(17-15(22)5-6-16(24)18(17)23)29-20-19-13(8-27-21(20)26)14(9-28-19)11-3-2-4-12(25)7-11/h3,5-6,8-10,12H,2,4,7,25H2,1H3,(H2,26,27)/t10-,12?/m1/s1. The first-order valence-corrected chi connectivity index (χ1v) is 10.0. The zero-order valence-electron chi connectivity index (χ0n) is 15.7. The number of nitrogens with zero attached hydrogens (tertiary/aromatic N) is 1. The molecule has 1 unspecified atom stereocenters. The third-order valence-electron chi connectivity index (χ3n) is 5.14. The zero-order valence-corrected chi connectivity index (χ0v) is 17.2. The van der Waals surface area contributed by atoms with E-state index in [1.807, 2.05) is 0 Å². The summed E-state index contributed by atoms with van der Waals surface area (Å²) in [5, 5.41) is 0.979. The number of furan rings is 1. The third-order valence-corrected chi connectivity index (χ3v) is 5.85. The number of allylic oxidation sites excluding steroid dienone is 1. The molecule has 29 heavy (non-hydrogen) atoms. The van der Waals surface area contributed by atoms with E-state index in [-0.39, 0.29) is 22.6 Å². The summed E-state index contributed by atoms with van der Waals surface area (Å²) in [5.74, 6) is -0.159. The summed E-state index contributed by atoms with van der Waals surface area (Å²) < 4.78 is 25.7. The van der Waals surface area contributed by atoms with Crippen molar-refractivity contribution in [3.05, 3.63) is 57.7 Å². The Kier molecular flexibility index (Phi) is 5.42. The zero-order chi connectivity index (χ0) is 20.7. The van der Waals surface area contributed by atoms with E-state index in [9.17, 15) is 4.39 Å². The van der Waals surface area contributed by atoms with Crippen LogP contribution in [-0.4, -0.2) is 11.0 Å². The average molecular weight is 436 g/mol. The minimum absolute atomic E-state index is 0.0924. The topological polar surface area (TPSA) is 87.3 Å². The monoisotopic (exact) mass is 435 g/mol. The van der Waals surface area contributed by atoms with Gasteiger partial charge >= 0.3 is 0 Å². The molecule has 0 fully saturated rings. The predicted octanol–water partition coefficient (Wildman–Crippen LogP) is 5.89. The van der Waals surface area contributed by atoms with Gasteiger partial charge in [0.15, 0.2) is 11.4 Å². The summed E-state index contributed by atoms with van der Waals surface area (Å²) in [6.07, 6.45) is 7.45. The van der Waals surface area contributed by atoms with Gasteiger partial charge in [-0.2, -0.15) is 0 Å². The number of pyridine rings is 1. The second-order valence-electron chi connectivity index (χ2n) is 7.15. The van der Waals surface area contributed by atoms with Gasteiger partial charge in [0.25, 0.3) is 0 Å². The van der Waals surface area contributed by atoms with Crippen molar-refractivity contribution in [3.63, 3.8) is 0 Å². The molecule has 4 N–H and O–H groups in total. The van der Waals surface area contributed by atoms with E-state index in [0.29, 0.717) is 16.2 Å². The third kappa shape index (κ3) is 3.68. The highest BCUT2D eigenvalue weighted by Gasteiger charge is 2.24. The first kappa shape index (κ1) is 20.0. The van der Waals surface area contributed by atoms with Crippen LogP contribution in [0.3, 0.4) is 0 Å². The van der Waals surface area contributed by atoms with Gasteiger partial charge in [0, 0.05) is 28.4 Å². The van der Waals surface area contributed by atoms with Crippen LogP contribution >= 0.6 is 23.2 Å². The molecule has 1 aliphatic rings. The Hall–Kier alpha value is -2.28. The molecule has 1 aromatic carbocycles. The molecule has 8 heteroatoms. The largest absolute Gasteiger partial charge is 0.478 e. The van der Waals surface area contributed by atoms with Gasteiger partial charge in [0.1, 0.15) is 11.9 Å². The summed E-state index contributed by atoms with van der Waals surface area (Å²) >= 11 is 12.3. The molecule has 4 rings (SSSR count). The fraction of sp³-hybridized carbons (Fsp3) is 0.286. The van der Waals surface area contributed by atoms with Crippen molar-refractivity contribution in [2.45, 2.75) is 38.3 Å². The number of hydrogen-bond acceptors (Lipinski definition) is 5. The van der Waals surface area contributed by atoms with Crippen LogP contribution in [0.1, 0.15) is 43.4 Å². The van der Waals surface area contributed by atoms with Crippen molar-refractivity contribution in [2.24, 2.45) is 5.73 Å². The van der Waals surface area contributed by atoms with Crippen molar-refractivity contribution in [2.75, 3.05) is 5.73 Å². The molecule has 5 nitrogen and oxygen atoms in total. The molecule has 2 aromatic heterocycles. The maximum Gasteiger partial charge on any atom is 0.205 e. The highest BCUT2D eigenvalue weighted by atomic mass is 35.5. The molecule has 0 saturated carbocycles. The Morgan fingerprint density at radius 3 is 2.90 bits per heavy atom. The number of anilines is 1. The highest BCUT2D eigenvalue weighted by molar-refractivity contribution is 6.36. The first-order chi connectivity index (χ1) is 13.9. The van der Waals surface area contributed by atoms with Gasteiger partial charge < -0.3 is 20.6 Å². The van der Waals surface area contributed by atoms with Gasteiger partial charge in [-0.05, 0) is 43.9 Å². The Morgan fingerprint density at radius 2 is 2.14 bits per heavy atom. The number of fused-ring (bicyclic) bond motifs is 1. The minimum atomic E-state index is -0.684. The SMILES string of the molecule is C[C@@H](Oc1c(N)ncc2c(C3=CCCC(N)C3)coc12)c1c(Cl)ccc(F)c1Cl. The average Bonchev–Trinajstić information content (AvgIpc) is 3.12. The molecule has 3 aromatic rings. The van der Waals surface area contributed by atoms with Gasteiger partial charge in [0.05, 0.1) is 16.7 Å². The van der Waals surface area contributed by atoms with Crippen molar-refractivity contribution in [1.29, 1.82) is 0 Å². The number of hydrogen-bond donors (Lipinski definition) is 2. The van der Waals surface area contributed by atoms with Gasteiger partial charge in [0.2, 0.25) is 5.75 Å². The van der Waals surface area contributed by atoms with Gasteiger partial charge in [-0.3, -0.25) is 0 Å². The molecular weight excluding hydrogens is 416 g/mol. The van der Waals surface area contributed by atoms with Crippen molar-refractivity contribution in [1.82, 2.24) is 4.98 Å². The quantitative estimate of drug-likeness (QED) is 0.498. The van der Waals surface area contributed by atoms with Gasteiger partial charge in [-0.25, -0.2) is 9.37 Å². The molecule has 0 spiro atoms. The van der Waals surface area contributed by atoms with Crippen LogP contribution in [0.5, 0.6) is 5.75 Å². The summed E-state index contributed by atoms with van der Waals surface area (Å²) in [5.41, 5.74) is 15.0. The fourth-order valence-corrected chi connectivity index (χ4v) is 4.33. The van der Waals surface area contributed by atoms with Crippen LogP contribution in [0, 0.1) is 5.82 Å². The fourth-order valence-electron chi connectivity index (χ4n) is 3.65. The van der Waals surface area contributed by atoms with E-state index >= 15 is 0 Å². The van der Waals surface area contributed by atoms with Crippen LogP contribution in [0.15, 0.2) is 35.1 Å². The summed E-state index contributed by atoms with van der Waals surface area (Å²) in [7, 11) is 0. The maximum absolute atomic E-state index is 13.9. The molecule has 2 heterocycles. The molecule has 152 valence electrons. The first-order valence-electron chi connectivity index (χ1n) is 9.27. The lowest BCUT2D eigenvalue weighted by atomic mass is 9.91. The van der Waals surface area contributed by atoms with E-state index in [4.69, 9.17) is 43.8 Å². The van der Waals surface area contributed by atoms with Crippen LogP contribution in [-0.2, 0) is 0 Å². The molecule has 0 aliphatic heterocycles. The molecule has 0 radical (unpaired) electrons. The normalized spacial score (nSPS) is 18.0. The van der Waals surface area contributed by atoms with E-state index < -0.39 is 11.9 Å². The minimum Gasteiger partial charge on any atom is -0.478 e. The maximum atomic E-state index is 13.9. The molecule has 0 amide bonds. The number of nitrogens with two attached hydrogens (primary N) is 2. The Bertz CT molecular complexity index is 1110. The van der Waals surface area contributed by atoms with E-state index in [1.54, 1.807) is 19.4 Å². The lowest BCUT2D eigenvalue weighted by Gasteiger charge is -2.19. The lowest BCUT2D eigenvalue weighted by molar-refractivity contribution is 0.227. The number of benzene rings is 1. The predicted molar refractivity (Wildman–Crippen MR) is 114 cm³/mol. The summed E-state index contributed by atoms with van der Waals surface area (Å²) in [6.45, 7) is 1.71. The van der Waals surface area contributed by atoms with Crippen LogP contribution in [0.25, 0.3) is 16.5 Å². The van der Waals surface area contributed by atoms with E-state index in [2.05, 4.69) is 11.1 Å². The van der Waals surface area contributed by atoms with Gasteiger partial charge in [-0.1, -0.05) is 29.3 Å². The number of nitrogen functional groups attached to an aromatic ring is 1. The highest BCUT2D eigenvalue weighted by Crippen LogP contribution is 2.41. The van der Waals surface area contributed by atoms with Gasteiger partial charge in [-0.15, -0.1) is 0 Å². The van der Waals surface area contributed by atoms with Crippen molar-refractivity contribution in [3.8, 4) is 5.75 Å². The molecule has 0 bridgehead atoms. The number of aromatic nitrogens is 1.